The first-order chi connectivity index (χ1) is 9.51. The Morgan fingerprint density at radius 3 is 2.85 bits per heavy atom. The Bertz CT molecular complexity index is 584. The van der Waals surface area contributed by atoms with Gasteiger partial charge in [0.2, 0.25) is 0 Å². The minimum absolute atomic E-state index is 0.0696. The van der Waals surface area contributed by atoms with Gasteiger partial charge in [-0.3, -0.25) is 9.58 Å². The third-order valence-electron chi connectivity index (χ3n) is 3.26. The molecule has 108 valence electrons. The number of rotatable bonds is 5. The molecule has 1 heterocycles. The molecule has 0 spiro atoms. The van der Waals surface area contributed by atoms with Crippen LogP contribution in [0.4, 0.5) is 0 Å². The van der Waals surface area contributed by atoms with Crippen LogP contribution >= 0.6 is 27.5 Å². The average Bonchev–Trinajstić information content (AvgIpc) is 2.80. The fourth-order valence-corrected chi connectivity index (χ4v) is 2.89. The van der Waals surface area contributed by atoms with Crippen molar-refractivity contribution < 1.29 is 0 Å². The number of halogens is 2. The van der Waals surface area contributed by atoms with Gasteiger partial charge in [-0.05, 0) is 30.8 Å². The zero-order valence-corrected chi connectivity index (χ0v) is 13.9. The molecule has 2 rings (SSSR count). The first-order valence-corrected chi connectivity index (χ1v) is 7.51. The van der Waals surface area contributed by atoms with Gasteiger partial charge in [-0.1, -0.05) is 27.5 Å². The second kappa shape index (κ2) is 6.72. The van der Waals surface area contributed by atoms with E-state index in [1.165, 1.54) is 0 Å². The van der Waals surface area contributed by atoms with Crippen molar-refractivity contribution in [3.63, 3.8) is 0 Å². The van der Waals surface area contributed by atoms with Crippen LogP contribution in [0.25, 0.3) is 0 Å². The molecule has 0 radical (unpaired) electrons. The summed E-state index contributed by atoms with van der Waals surface area (Å²) >= 11 is 9.78. The number of hydrogen-bond donors (Lipinski definition) is 1. The van der Waals surface area contributed by atoms with Gasteiger partial charge in [-0.15, -0.1) is 0 Å². The molecule has 0 aliphatic rings. The predicted octanol–water partition coefficient (Wildman–Crippen LogP) is 2.97. The summed E-state index contributed by atoms with van der Waals surface area (Å²) in [5.74, 6) is 0. The molecule has 6 heteroatoms. The SMILES string of the molecule is CN(Cc1cnn(C)c1)C(CN)c1cc(Br)ccc1Cl. The molecule has 1 atom stereocenters. The van der Waals surface area contributed by atoms with Gasteiger partial charge in [0.1, 0.15) is 0 Å². The Labute approximate surface area is 132 Å². The Balaban J connectivity index is 2.20. The van der Waals surface area contributed by atoms with E-state index in [1.807, 2.05) is 44.7 Å². The largest absolute Gasteiger partial charge is 0.329 e. The highest BCUT2D eigenvalue weighted by Gasteiger charge is 2.19. The summed E-state index contributed by atoms with van der Waals surface area (Å²) in [4.78, 5) is 2.19. The topological polar surface area (TPSA) is 47.1 Å². The minimum atomic E-state index is 0.0696. The summed E-state index contributed by atoms with van der Waals surface area (Å²) in [6.07, 6.45) is 3.87. The predicted molar refractivity (Wildman–Crippen MR) is 85.6 cm³/mol. The lowest BCUT2D eigenvalue weighted by Crippen LogP contribution is -2.30. The van der Waals surface area contributed by atoms with Gasteiger partial charge in [0, 0.05) is 47.4 Å². The maximum atomic E-state index is 6.30. The number of hydrogen-bond acceptors (Lipinski definition) is 3. The van der Waals surface area contributed by atoms with Crippen molar-refractivity contribution >= 4 is 27.5 Å². The van der Waals surface area contributed by atoms with Gasteiger partial charge in [0.15, 0.2) is 0 Å². The summed E-state index contributed by atoms with van der Waals surface area (Å²) in [5.41, 5.74) is 8.14. The second-order valence-corrected chi connectivity index (χ2v) is 6.18. The first kappa shape index (κ1) is 15.5. The molecule has 0 aliphatic heterocycles. The number of benzene rings is 1. The van der Waals surface area contributed by atoms with Gasteiger partial charge in [-0.2, -0.15) is 5.10 Å². The summed E-state index contributed by atoms with van der Waals surface area (Å²) in [5, 5.41) is 4.92. The Hall–Kier alpha value is -0.880. The molecule has 0 bridgehead atoms. The molecule has 0 amide bonds. The molecule has 20 heavy (non-hydrogen) atoms. The molecular weight excluding hydrogens is 340 g/mol. The summed E-state index contributed by atoms with van der Waals surface area (Å²) in [6, 6.07) is 5.92. The smallest absolute Gasteiger partial charge is 0.0534 e. The first-order valence-electron chi connectivity index (χ1n) is 6.34. The standard InChI is InChI=1S/C14H18BrClN4/c1-19(8-10-7-18-20(2)9-10)14(6-17)12-5-11(15)3-4-13(12)16/h3-5,7,9,14H,6,8,17H2,1-2H3. The zero-order chi connectivity index (χ0) is 14.7. The van der Waals surface area contributed by atoms with E-state index in [1.54, 1.807) is 4.68 Å². The molecule has 1 unspecified atom stereocenters. The van der Waals surface area contributed by atoms with Crippen LogP contribution in [0.3, 0.4) is 0 Å². The number of nitrogens with two attached hydrogens (primary N) is 1. The van der Waals surface area contributed by atoms with E-state index in [9.17, 15) is 0 Å². The fourth-order valence-electron chi connectivity index (χ4n) is 2.27. The highest BCUT2D eigenvalue weighted by molar-refractivity contribution is 9.10. The van der Waals surface area contributed by atoms with E-state index in [0.717, 1.165) is 27.2 Å². The number of aryl methyl sites for hydroxylation is 1. The van der Waals surface area contributed by atoms with Gasteiger partial charge in [0.25, 0.3) is 0 Å². The van der Waals surface area contributed by atoms with E-state index >= 15 is 0 Å². The van der Waals surface area contributed by atoms with E-state index in [0.29, 0.717) is 6.54 Å². The molecular formula is C14H18BrClN4. The van der Waals surface area contributed by atoms with Crippen LogP contribution in [0.2, 0.25) is 5.02 Å². The van der Waals surface area contributed by atoms with Crippen LogP contribution < -0.4 is 5.73 Å². The van der Waals surface area contributed by atoms with Crippen LogP contribution in [-0.2, 0) is 13.6 Å². The van der Waals surface area contributed by atoms with Crippen LogP contribution in [0.15, 0.2) is 35.1 Å². The van der Waals surface area contributed by atoms with Crippen molar-refractivity contribution in [2.75, 3.05) is 13.6 Å². The van der Waals surface area contributed by atoms with Crippen LogP contribution in [0.5, 0.6) is 0 Å². The van der Waals surface area contributed by atoms with Crippen molar-refractivity contribution in [2.24, 2.45) is 12.8 Å². The van der Waals surface area contributed by atoms with E-state index in [4.69, 9.17) is 17.3 Å². The monoisotopic (exact) mass is 356 g/mol. The molecule has 0 fully saturated rings. The van der Waals surface area contributed by atoms with Crippen LogP contribution in [0, 0.1) is 0 Å². The Kier molecular flexibility index (Phi) is 5.21. The van der Waals surface area contributed by atoms with E-state index < -0.39 is 0 Å². The second-order valence-electron chi connectivity index (χ2n) is 4.85. The molecule has 4 nitrogen and oxygen atoms in total. The molecule has 0 saturated carbocycles. The van der Waals surface area contributed by atoms with Crippen LogP contribution in [0.1, 0.15) is 17.2 Å². The lowest BCUT2D eigenvalue weighted by atomic mass is 10.1. The summed E-state index contributed by atoms with van der Waals surface area (Å²) in [7, 11) is 3.96. The summed E-state index contributed by atoms with van der Waals surface area (Å²) < 4.78 is 2.80. The van der Waals surface area contributed by atoms with Gasteiger partial charge in [0.05, 0.1) is 6.20 Å². The maximum absolute atomic E-state index is 6.30. The van der Waals surface area contributed by atoms with Crippen molar-refractivity contribution in [1.82, 2.24) is 14.7 Å². The quantitative estimate of drug-likeness (QED) is 0.895. The molecule has 0 saturated heterocycles. The van der Waals surface area contributed by atoms with E-state index in [-0.39, 0.29) is 6.04 Å². The van der Waals surface area contributed by atoms with Gasteiger partial charge < -0.3 is 5.73 Å². The normalized spacial score (nSPS) is 12.9. The molecule has 0 aliphatic carbocycles. The molecule has 1 aromatic heterocycles. The van der Waals surface area contributed by atoms with Crippen LogP contribution in [-0.4, -0.2) is 28.3 Å². The highest BCUT2D eigenvalue weighted by atomic mass is 79.9. The van der Waals surface area contributed by atoms with Crippen molar-refractivity contribution in [2.45, 2.75) is 12.6 Å². The maximum Gasteiger partial charge on any atom is 0.0534 e. The lowest BCUT2D eigenvalue weighted by Gasteiger charge is -2.27. The molecule has 2 N–H and O–H groups in total. The van der Waals surface area contributed by atoms with Crippen molar-refractivity contribution in [3.8, 4) is 0 Å². The zero-order valence-electron chi connectivity index (χ0n) is 11.6. The lowest BCUT2D eigenvalue weighted by molar-refractivity contribution is 0.242. The number of nitrogens with zero attached hydrogens (tertiary/aromatic N) is 3. The third kappa shape index (κ3) is 3.61. The number of aromatic nitrogens is 2. The van der Waals surface area contributed by atoms with Crippen molar-refractivity contribution in [1.29, 1.82) is 0 Å². The molecule has 1 aromatic carbocycles. The van der Waals surface area contributed by atoms with Gasteiger partial charge in [-0.25, -0.2) is 0 Å². The Morgan fingerprint density at radius 2 is 2.25 bits per heavy atom. The average molecular weight is 358 g/mol. The highest BCUT2D eigenvalue weighted by Crippen LogP contribution is 2.29. The minimum Gasteiger partial charge on any atom is -0.329 e. The van der Waals surface area contributed by atoms with Gasteiger partial charge >= 0.3 is 0 Å². The summed E-state index contributed by atoms with van der Waals surface area (Å²) in [6.45, 7) is 1.28. The molecule has 2 aromatic rings. The van der Waals surface area contributed by atoms with Crippen molar-refractivity contribution in [3.05, 3.63) is 51.2 Å². The van der Waals surface area contributed by atoms with E-state index in [2.05, 4.69) is 25.9 Å². The third-order valence-corrected chi connectivity index (χ3v) is 4.10. The number of likely N-dealkylation sites (N-methyl/N-ethyl adjacent to an activating group) is 1. The Morgan fingerprint density at radius 1 is 1.50 bits per heavy atom. The fraction of sp³-hybridized carbons (Fsp3) is 0.357.